The summed E-state index contributed by atoms with van der Waals surface area (Å²) in [7, 11) is 0. The lowest BCUT2D eigenvalue weighted by Gasteiger charge is -2.31. The molecule has 0 aliphatic carbocycles. The summed E-state index contributed by atoms with van der Waals surface area (Å²) >= 11 is 0. The van der Waals surface area contributed by atoms with Gasteiger partial charge in [-0.2, -0.15) is 0 Å². The molecule has 0 fully saturated rings. The Morgan fingerprint density at radius 1 is 1.25 bits per heavy atom. The lowest BCUT2D eigenvalue weighted by atomic mass is 10.0. The van der Waals surface area contributed by atoms with Gasteiger partial charge in [0.2, 0.25) is 0 Å². The Bertz CT molecular complexity index is 389. The topological polar surface area (TPSA) is 15.3 Å². The maximum atomic E-state index is 3.68. The highest BCUT2D eigenvalue weighted by atomic mass is 15.2. The summed E-state index contributed by atoms with van der Waals surface area (Å²) in [4.78, 5) is 2.55. The molecule has 0 aromatic heterocycles. The highest BCUT2D eigenvalue weighted by Crippen LogP contribution is 2.25. The Kier molecular flexibility index (Phi) is 6.38. The maximum Gasteiger partial charge on any atom is 0.0399 e. The summed E-state index contributed by atoms with van der Waals surface area (Å²) < 4.78 is 0. The Morgan fingerprint density at radius 2 is 2.10 bits per heavy atom. The molecule has 1 aromatic carbocycles. The minimum atomic E-state index is 0.654. The highest BCUT2D eigenvalue weighted by molar-refractivity contribution is 5.55. The van der Waals surface area contributed by atoms with Crippen LogP contribution in [-0.4, -0.2) is 25.7 Å². The minimum Gasteiger partial charge on any atom is -0.370 e. The van der Waals surface area contributed by atoms with E-state index in [1.165, 1.54) is 56.3 Å². The summed E-state index contributed by atoms with van der Waals surface area (Å²) in [6.45, 7) is 8.03. The molecule has 0 radical (unpaired) electrons. The normalized spacial score (nSPS) is 16.0. The zero-order valence-electron chi connectivity index (χ0n) is 13.2. The molecule has 1 unspecified atom stereocenters. The van der Waals surface area contributed by atoms with E-state index in [0.29, 0.717) is 6.04 Å². The molecule has 1 aliphatic heterocycles. The molecule has 2 heteroatoms. The van der Waals surface area contributed by atoms with Gasteiger partial charge in [0, 0.05) is 31.4 Å². The van der Waals surface area contributed by atoms with Crippen LogP contribution in [0.4, 0.5) is 5.69 Å². The first-order valence-corrected chi connectivity index (χ1v) is 8.37. The number of nitrogens with zero attached hydrogens (tertiary/aromatic N) is 1. The molecular formula is C18H30N2. The fourth-order valence-electron chi connectivity index (χ4n) is 3.09. The lowest BCUT2D eigenvalue weighted by Crippen LogP contribution is -2.38. The fraction of sp³-hybridized carbons (Fsp3) is 0.667. The van der Waals surface area contributed by atoms with Gasteiger partial charge in [0.15, 0.2) is 0 Å². The minimum absolute atomic E-state index is 0.654. The fourth-order valence-corrected chi connectivity index (χ4v) is 3.09. The number of unbranched alkanes of at least 4 members (excludes halogenated alkanes) is 2. The van der Waals surface area contributed by atoms with Crippen molar-refractivity contribution in [2.45, 2.75) is 58.4 Å². The molecule has 1 aromatic rings. The van der Waals surface area contributed by atoms with Crippen LogP contribution in [0.25, 0.3) is 0 Å². The van der Waals surface area contributed by atoms with E-state index in [0.717, 1.165) is 13.1 Å². The third-order valence-electron chi connectivity index (χ3n) is 4.32. The molecule has 112 valence electrons. The molecular weight excluding hydrogens is 244 g/mol. The van der Waals surface area contributed by atoms with Crippen LogP contribution in [0.3, 0.4) is 0 Å². The van der Waals surface area contributed by atoms with E-state index >= 15 is 0 Å². The van der Waals surface area contributed by atoms with Crippen LogP contribution < -0.4 is 10.2 Å². The Morgan fingerprint density at radius 3 is 2.95 bits per heavy atom. The van der Waals surface area contributed by atoms with E-state index in [1.807, 2.05) is 0 Å². The maximum absolute atomic E-state index is 3.68. The van der Waals surface area contributed by atoms with E-state index in [1.54, 1.807) is 0 Å². The number of rotatable bonds is 8. The number of benzene rings is 1. The van der Waals surface area contributed by atoms with Crippen molar-refractivity contribution in [2.24, 2.45) is 0 Å². The standard InChI is InChI=1S/C18H30N2/c1-3-4-5-9-16(2)19-13-15-20-14-8-11-17-10-6-7-12-18(17)20/h6-7,10,12,16,19H,3-5,8-9,11,13-15H2,1-2H3. The SMILES string of the molecule is CCCCCC(C)NCCN1CCCc2ccccc21. The highest BCUT2D eigenvalue weighted by Gasteiger charge is 2.15. The monoisotopic (exact) mass is 274 g/mol. The van der Waals surface area contributed by atoms with Gasteiger partial charge in [-0.05, 0) is 37.8 Å². The summed E-state index contributed by atoms with van der Waals surface area (Å²) in [6.07, 6.45) is 7.89. The van der Waals surface area contributed by atoms with Gasteiger partial charge < -0.3 is 10.2 Å². The molecule has 0 spiro atoms. The van der Waals surface area contributed by atoms with Crippen molar-refractivity contribution < 1.29 is 0 Å². The molecule has 1 N–H and O–H groups in total. The molecule has 0 bridgehead atoms. The van der Waals surface area contributed by atoms with Gasteiger partial charge in [-0.25, -0.2) is 0 Å². The Labute approximate surface area is 124 Å². The number of hydrogen-bond acceptors (Lipinski definition) is 2. The number of nitrogens with one attached hydrogen (secondary N) is 1. The van der Waals surface area contributed by atoms with Crippen molar-refractivity contribution in [2.75, 3.05) is 24.5 Å². The van der Waals surface area contributed by atoms with Crippen LogP contribution in [0.2, 0.25) is 0 Å². The predicted molar refractivity (Wildman–Crippen MR) is 88.6 cm³/mol. The lowest BCUT2D eigenvalue weighted by molar-refractivity contribution is 0.487. The second kappa shape index (κ2) is 8.31. The Balaban J connectivity index is 1.72. The second-order valence-corrected chi connectivity index (χ2v) is 6.07. The van der Waals surface area contributed by atoms with Crippen LogP contribution in [0.15, 0.2) is 24.3 Å². The zero-order chi connectivity index (χ0) is 14.2. The quantitative estimate of drug-likeness (QED) is 0.721. The summed E-state index contributed by atoms with van der Waals surface area (Å²) in [5.74, 6) is 0. The molecule has 1 atom stereocenters. The van der Waals surface area contributed by atoms with Gasteiger partial charge in [0.1, 0.15) is 0 Å². The molecule has 0 amide bonds. The van der Waals surface area contributed by atoms with Crippen molar-refractivity contribution >= 4 is 5.69 Å². The number of fused-ring (bicyclic) bond motifs is 1. The smallest absolute Gasteiger partial charge is 0.0399 e. The average molecular weight is 274 g/mol. The van der Waals surface area contributed by atoms with Gasteiger partial charge in [-0.1, -0.05) is 44.4 Å². The third-order valence-corrected chi connectivity index (χ3v) is 4.32. The van der Waals surface area contributed by atoms with E-state index in [2.05, 4.69) is 48.3 Å². The van der Waals surface area contributed by atoms with Gasteiger partial charge >= 0.3 is 0 Å². The number of aryl methyl sites for hydroxylation is 1. The van der Waals surface area contributed by atoms with Crippen molar-refractivity contribution in [1.29, 1.82) is 0 Å². The Hall–Kier alpha value is -1.02. The third kappa shape index (κ3) is 4.52. The molecule has 0 saturated carbocycles. The van der Waals surface area contributed by atoms with Crippen LogP contribution in [-0.2, 0) is 6.42 Å². The van der Waals surface area contributed by atoms with E-state index < -0.39 is 0 Å². The van der Waals surface area contributed by atoms with Crippen LogP contribution in [0, 0.1) is 0 Å². The molecule has 2 rings (SSSR count). The van der Waals surface area contributed by atoms with Crippen LogP contribution in [0.5, 0.6) is 0 Å². The first-order chi connectivity index (χ1) is 9.81. The molecule has 2 nitrogen and oxygen atoms in total. The number of hydrogen-bond donors (Lipinski definition) is 1. The van der Waals surface area contributed by atoms with Gasteiger partial charge in [-0.3, -0.25) is 0 Å². The molecule has 1 heterocycles. The summed E-state index contributed by atoms with van der Waals surface area (Å²) in [6, 6.07) is 9.54. The predicted octanol–water partition coefficient (Wildman–Crippen LogP) is 4.00. The molecule has 1 aliphatic rings. The summed E-state index contributed by atoms with van der Waals surface area (Å²) in [5.41, 5.74) is 2.98. The van der Waals surface area contributed by atoms with Crippen molar-refractivity contribution in [3.63, 3.8) is 0 Å². The van der Waals surface area contributed by atoms with E-state index in [4.69, 9.17) is 0 Å². The van der Waals surface area contributed by atoms with Crippen LogP contribution >= 0.6 is 0 Å². The van der Waals surface area contributed by atoms with Crippen molar-refractivity contribution in [1.82, 2.24) is 5.32 Å². The van der Waals surface area contributed by atoms with E-state index in [-0.39, 0.29) is 0 Å². The van der Waals surface area contributed by atoms with Gasteiger partial charge in [0.05, 0.1) is 0 Å². The van der Waals surface area contributed by atoms with Gasteiger partial charge in [0.25, 0.3) is 0 Å². The second-order valence-electron chi connectivity index (χ2n) is 6.07. The number of anilines is 1. The summed E-state index contributed by atoms with van der Waals surface area (Å²) in [5, 5.41) is 3.68. The first kappa shape index (κ1) is 15.4. The first-order valence-electron chi connectivity index (χ1n) is 8.37. The average Bonchev–Trinajstić information content (AvgIpc) is 2.48. The largest absolute Gasteiger partial charge is 0.370 e. The molecule has 0 saturated heterocycles. The molecule has 20 heavy (non-hydrogen) atoms. The zero-order valence-corrected chi connectivity index (χ0v) is 13.2. The van der Waals surface area contributed by atoms with E-state index in [9.17, 15) is 0 Å². The van der Waals surface area contributed by atoms with Crippen molar-refractivity contribution in [3.05, 3.63) is 29.8 Å². The number of para-hydroxylation sites is 1. The van der Waals surface area contributed by atoms with Crippen molar-refractivity contribution in [3.8, 4) is 0 Å². The van der Waals surface area contributed by atoms with Crippen LogP contribution in [0.1, 0.15) is 51.5 Å². The van der Waals surface area contributed by atoms with Gasteiger partial charge in [-0.15, -0.1) is 0 Å².